The number of carbonyl (C=O) groups is 1. The van der Waals surface area contributed by atoms with E-state index in [9.17, 15) is 18.0 Å². The van der Waals surface area contributed by atoms with Crippen molar-refractivity contribution in [3.05, 3.63) is 46.2 Å². The van der Waals surface area contributed by atoms with E-state index in [1.807, 2.05) is 0 Å². The van der Waals surface area contributed by atoms with Crippen LogP contribution in [-0.2, 0) is 28.4 Å². The lowest BCUT2D eigenvalue weighted by atomic mass is 10.3. The fourth-order valence-electron chi connectivity index (χ4n) is 4.04. The number of sulfonamides is 1. The summed E-state index contributed by atoms with van der Waals surface area (Å²) in [4.78, 5) is 26.9. The van der Waals surface area contributed by atoms with Gasteiger partial charge >= 0.3 is 5.76 Å². The Labute approximate surface area is 179 Å². The van der Waals surface area contributed by atoms with Crippen LogP contribution in [0.5, 0.6) is 0 Å². The molecule has 1 saturated heterocycles. The van der Waals surface area contributed by atoms with Gasteiger partial charge in [0.2, 0.25) is 15.9 Å². The van der Waals surface area contributed by atoms with E-state index >= 15 is 0 Å². The summed E-state index contributed by atoms with van der Waals surface area (Å²) in [5, 5.41) is 4.22. The Morgan fingerprint density at radius 2 is 1.87 bits per heavy atom. The molecule has 1 aliphatic rings. The van der Waals surface area contributed by atoms with Crippen LogP contribution in [0.25, 0.3) is 11.1 Å². The minimum Gasteiger partial charge on any atom is -0.408 e. The first-order valence-electron chi connectivity index (χ1n) is 10.1. The molecule has 1 fully saturated rings. The summed E-state index contributed by atoms with van der Waals surface area (Å²) in [5.74, 6) is -0.835. The third-order valence-corrected chi connectivity index (χ3v) is 7.87. The van der Waals surface area contributed by atoms with Gasteiger partial charge in [0.1, 0.15) is 11.4 Å². The molecule has 3 aromatic rings. The lowest BCUT2D eigenvalue weighted by Crippen LogP contribution is -2.39. The maximum absolute atomic E-state index is 13.2. The van der Waals surface area contributed by atoms with Gasteiger partial charge in [-0.15, -0.1) is 0 Å². The highest BCUT2D eigenvalue weighted by atomic mass is 32.2. The number of para-hydroxylation sites is 2. The van der Waals surface area contributed by atoms with Gasteiger partial charge in [0, 0.05) is 33.2 Å². The van der Waals surface area contributed by atoms with Crippen LogP contribution >= 0.6 is 0 Å². The summed E-state index contributed by atoms with van der Waals surface area (Å²) in [6, 6.07) is 6.93. The molecule has 0 saturated carbocycles. The van der Waals surface area contributed by atoms with Gasteiger partial charge < -0.3 is 9.32 Å². The van der Waals surface area contributed by atoms with E-state index in [1.165, 1.54) is 8.87 Å². The van der Waals surface area contributed by atoms with Crippen molar-refractivity contribution in [2.45, 2.75) is 31.7 Å². The van der Waals surface area contributed by atoms with Crippen LogP contribution in [0.3, 0.4) is 0 Å². The largest absolute Gasteiger partial charge is 0.420 e. The van der Waals surface area contributed by atoms with E-state index in [2.05, 4.69) is 5.10 Å². The molecule has 31 heavy (non-hydrogen) atoms. The zero-order valence-electron chi connectivity index (χ0n) is 17.7. The summed E-state index contributed by atoms with van der Waals surface area (Å²) in [7, 11) is -2.00. The molecule has 3 heterocycles. The van der Waals surface area contributed by atoms with Crippen molar-refractivity contribution in [3.63, 3.8) is 0 Å². The summed E-state index contributed by atoms with van der Waals surface area (Å²) in [6.07, 6.45) is 0.504. The monoisotopic (exact) mass is 447 g/mol. The smallest absolute Gasteiger partial charge is 0.408 e. The maximum Gasteiger partial charge on any atom is 0.420 e. The molecule has 0 aliphatic carbocycles. The first-order chi connectivity index (χ1) is 14.7. The van der Waals surface area contributed by atoms with Gasteiger partial charge in [-0.25, -0.2) is 13.2 Å². The molecule has 0 atom stereocenters. The van der Waals surface area contributed by atoms with Gasteiger partial charge in [-0.3, -0.25) is 14.0 Å². The number of aryl methyl sites for hydroxylation is 2. The van der Waals surface area contributed by atoms with Gasteiger partial charge in [-0.2, -0.15) is 9.40 Å². The third-order valence-electron chi connectivity index (χ3n) is 5.72. The summed E-state index contributed by atoms with van der Waals surface area (Å²) in [6.45, 7) is 4.43. The molecular formula is C20H25N5O5S. The Morgan fingerprint density at radius 3 is 2.58 bits per heavy atom. The topological polar surface area (TPSA) is 111 Å². The Morgan fingerprint density at radius 1 is 1.13 bits per heavy atom. The van der Waals surface area contributed by atoms with Crippen LogP contribution in [0.15, 0.2) is 38.4 Å². The van der Waals surface area contributed by atoms with E-state index in [0.717, 1.165) is 0 Å². The molecule has 0 spiro atoms. The number of rotatable bonds is 4. The van der Waals surface area contributed by atoms with Crippen LogP contribution in [0, 0.1) is 13.8 Å². The van der Waals surface area contributed by atoms with E-state index in [1.54, 1.807) is 54.7 Å². The predicted octanol–water partition coefficient (Wildman–Crippen LogP) is 0.868. The average Bonchev–Trinajstić information content (AvgIpc) is 3.04. The normalized spacial score (nSPS) is 16.0. The highest BCUT2D eigenvalue weighted by molar-refractivity contribution is 7.89. The molecule has 2 aromatic heterocycles. The van der Waals surface area contributed by atoms with Crippen molar-refractivity contribution >= 4 is 27.0 Å². The standard InChI is InChI=1S/C20H25N5O5S/c1-14-19(15(2)22(3)21-14)31(28,29)24-10-6-9-23(11-12-24)18(26)13-25-16-7-4-5-8-17(16)30-20(25)27/h4-5,7-8H,6,9-13H2,1-3H3. The van der Waals surface area contributed by atoms with Crippen LogP contribution < -0.4 is 5.76 Å². The minimum atomic E-state index is -3.72. The highest BCUT2D eigenvalue weighted by Crippen LogP contribution is 2.24. The Bertz CT molecular complexity index is 1300. The first kappa shape index (κ1) is 21.3. The number of aromatic nitrogens is 3. The highest BCUT2D eigenvalue weighted by Gasteiger charge is 2.32. The fourth-order valence-corrected chi connectivity index (χ4v) is 5.91. The number of amides is 1. The fraction of sp³-hybridized carbons (Fsp3) is 0.450. The second-order valence-corrected chi connectivity index (χ2v) is 9.56. The molecule has 0 unspecified atom stereocenters. The molecular weight excluding hydrogens is 422 g/mol. The van der Waals surface area contributed by atoms with Gasteiger partial charge in [-0.1, -0.05) is 12.1 Å². The first-order valence-corrected chi connectivity index (χ1v) is 11.5. The van der Waals surface area contributed by atoms with Gasteiger partial charge in [0.05, 0.1) is 16.9 Å². The molecule has 10 nitrogen and oxygen atoms in total. The summed E-state index contributed by atoms with van der Waals surface area (Å²) in [5.41, 5.74) is 2.03. The summed E-state index contributed by atoms with van der Waals surface area (Å²) < 4.78 is 35.9. The van der Waals surface area contributed by atoms with Crippen molar-refractivity contribution < 1.29 is 17.6 Å². The molecule has 0 N–H and O–H groups in total. The van der Waals surface area contributed by atoms with Crippen LogP contribution in [0.4, 0.5) is 0 Å². The number of hydrogen-bond acceptors (Lipinski definition) is 6. The van der Waals surface area contributed by atoms with Crippen LogP contribution in [0.1, 0.15) is 17.8 Å². The molecule has 1 amide bonds. The molecule has 1 aromatic carbocycles. The number of hydrogen-bond donors (Lipinski definition) is 0. The van der Waals surface area contributed by atoms with E-state index in [4.69, 9.17) is 4.42 Å². The van der Waals surface area contributed by atoms with Gasteiger partial charge in [-0.05, 0) is 32.4 Å². The van der Waals surface area contributed by atoms with Gasteiger partial charge in [0.15, 0.2) is 5.58 Å². The third kappa shape index (κ3) is 3.79. The molecule has 4 rings (SSSR count). The molecule has 0 radical (unpaired) electrons. The Kier molecular flexibility index (Phi) is 5.48. The molecule has 0 bridgehead atoms. The number of carbonyl (C=O) groups excluding carboxylic acids is 1. The van der Waals surface area contributed by atoms with Crippen LogP contribution in [0.2, 0.25) is 0 Å². The quantitative estimate of drug-likeness (QED) is 0.587. The predicted molar refractivity (Wildman–Crippen MR) is 113 cm³/mol. The van der Waals surface area contributed by atoms with Crippen molar-refractivity contribution in [2.75, 3.05) is 26.2 Å². The SMILES string of the molecule is Cc1nn(C)c(C)c1S(=O)(=O)N1CCCN(C(=O)Cn2c(=O)oc3ccccc32)CC1. The van der Waals surface area contributed by atoms with Crippen molar-refractivity contribution in [1.82, 2.24) is 23.6 Å². The van der Waals surface area contributed by atoms with E-state index < -0.39 is 15.8 Å². The lowest BCUT2D eigenvalue weighted by Gasteiger charge is -2.22. The van der Waals surface area contributed by atoms with E-state index in [-0.39, 0.29) is 30.4 Å². The van der Waals surface area contributed by atoms with Crippen molar-refractivity contribution in [3.8, 4) is 0 Å². The molecule has 1 aliphatic heterocycles. The maximum atomic E-state index is 13.2. The van der Waals surface area contributed by atoms with Crippen molar-refractivity contribution in [2.24, 2.45) is 7.05 Å². The second-order valence-electron chi connectivity index (χ2n) is 7.68. The van der Waals surface area contributed by atoms with Crippen LogP contribution in [-0.4, -0.2) is 64.1 Å². The zero-order valence-corrected chi connectivity index (χ0v) is 18.6. The van der Waals surface area contributed by atoms with E-state index in [0.29, 0.717) is 42.0 Å². The Balaban J connectivity index is 1.50. The average molecular weight is 448 g/mol. The molecule has 11 heteroatoms. The lowest BCUT2D eigenvalue weighted by molar-refractivity contribution is -0.131. The zero-order chi connectivity index (χ0) is 22.3. The number of nitrogens with zero attached hydrogens (tertiary/aromatic N) is 5. The summed E-state index contributed by atoms with van der Waals surface area (Å²) >= 11 is 0. The van der Waals surface area contributed by atoms with Gasteiger partial charge in [0.25, 0.3) is 0 Å². The number of oxazole rings is 1. The van der Waals surface area contributed by atoms with Crippen molar-refractivity contribution in [1.29, 1.82) is 0 Å². The second kappa shape index (κ2) is 7.97. The Hall–Kier alpha value is -2.92. The number of benzene rings is 1. The molecule has 166 valence electrons. The number of fused-ring (bicyclic) bond motifs is 1. The minimum absolute atomic E-state index is 0.149.